The molecule has 1 aromatic rings. The highest BCUT2D eigenvalue weighted by Gasteiger charge is 2.15. The highest BCUT2D eigenvalue weighted by molar-refractivity contribution is 7.99. The Kier molecular flexibility index (Phi) is 3.46. The van der Waals surface area contributed by atoms with Crippen LogP contribution in [0.5, 0.6) is 0 Å². The third-order valence-corrected chi connectivity index (χ3v) is 4.80. The number of thioether (sulfide) groups is 1. The maximum atomic E-state index is 3.62. The van der Waals surface area contributed by atoms with Crippen LogP contribution in [-0.4, -0.2) is 30.6 Å². The van der Waals surface area contributed by atoms with E-state index in [0.29, 0.717) is 6.04 Å². The molecule has 3 heteroatoms. The average Bonchev–Trinajstić information content (AvgIpc) is 3.01. The standard InChI is InChI=1S/C14H20N2S/c1-2-9-16(8-1)14-5-3-12(4-6-14)15-13-7-10-17-11-13/h3-6,13,15H,1-2,7-11H2. The molecule has 2 heterocycles. The van der Waals surface area contributed by atoms with E-state index in [1.807, 2.05) is 0 Å². The van der Waals surface area contributed by atoms with Crippen LogP contribution in [-0.2, 0) is 0 Å². The van der Waals surface area contributed by atoms with E-state index in [-0.39, 0.29) is 0 Å². The van der Waals surface area contributed by atoms with Crippen LogP contribution in [0.4, 0.5) is 11.4 Å². The molecule has 2 saturated heterocycles. The molecule has 1 aromatic carbocycles. The Balaban J connectivity index is 1.62. The number of rotatable bonds is 3. The third kappa shape index (κ3) is 2.71. The molecule has 2 fully saturated rings. The molecule has 2 nitrogen and oxygen atoms in total. The topological polar surface area (TPSA) is 15.3 Å². The zero-order chi connectivity index (χ0) is 11.5. The normalized spacial score (nSPS) is 24.2. The van der Waals surface area contributed by atoms with E-state index in [9.17, 15) is 0 Å². The summed E-state index contributed by atoms with van der Waals surface area (Å²) in [5.41, 5.74) is 2.66. The Bertz CT molecular complexity index is 351. The minimum absolute atomic E-state index is 0.678. The Morgan fingerprint density at radius 2 is 1.88 bits per heavy atom. The van der Waals surface area contributed by atoms with E-state index < -0.39 is 0 Å². The second kappa shape index (κ2) is 5.21. The molecule has 0 saturated carbocycles. The van der Waals surface area contributed by atoms with E-state index in [2.05, 4.69) is 46.2 Å². The molecule has 1 atom stereocenters. The maximum Gasteiger partial charge on any atom is 0.0367 e. The summed E-state index contributed by atoms with van der Waals surface area (Å²) in [4.78, 5) is 2.48. The molecule has 92 valence electrons. The minimum atomic E-state index is 0.678. The smallest absolute Gasteiger partial charge is 0.0367 e. The number of nitrogens with zero attached hydrogens (tertiary/aromatic N) is 1. The van der Waals surface area contributed by atoms with Crippen LogP contribution in [0.25, 0.3) is 0 Å². The first-order valence-corrected chi connectivity index (χ1v) is 7.76. The lowest BCUT2D eigenvalue weighted by atomic mass is 10.2. The van der Waals surface area contributed by atoms with Crippen molar-refractivity contribution in [2.45, 2.75) is 25.3 Å². The summed E-state index contributed by atoms with van der Waals surface area (Å²) in [6.45, 7) is 2.46. The summed E-state index contributed by atoms with van der Waals surface area (Å²) >= 11 is 2.05. The van der Waals surface area contributed by atoms with Crippen LogP contribution in [0.15, 0.2) is 24.3 Å². The second-order valence-corrected chi connectivity index (χ2v) is 6.10. The molecule has 0 spiro atoms. The van der Waals surface area contributed by atoms with Gasteiger partial charge in [0.25, 0.3) is 0 Å². The fraction of sp³-hybridized carbons (Fsp3) is 0.571. The summed E-state index contributed by atoms with van der Waals surface area (Å²) in [5, 5.41) is 3.62. The van der Waals surface area contributed by atoms with Gasteiger partial charge in [-0.25, -0.2) is 0 Å². The van der Waals surface area contributed by atoms with Gasteiger partial charge in [-0.2, -0.15) is 11.8 Å². The molecule has 1 N–H and O–H groups in total. The van der Waals surface area contributed by atoms with Crippen molar-refractivity contribution in [3.63, 3.8) is 0 Å². The zero-order valence-corrected chi connectivity index (χ0v) is 11.0. The summed E-state index contributed by atoms with van der Waals surface area (Å²) in [5.74, 6) is 2.57. The molecule has 1 unspecified atom stereocenters. The second-order valence-electron chi connectivity index (χ2n) is 4.95. The van der Waals surface area contributed by atoms with Crippen LogP contribution in [0.3, 0.4) is 0 Å². The number of nitrogens with one attached hydrogen (secondary N) is 1. The molecule has 3 rings (SSSR count). The predicted molar refractivity (Wildman–Crippen MR) is 77.2 cm³/mol. The number of hydrogen-bond acceptors (Lipinski definition) is 3. The molecule has 0 aromatic heterocycles. The molecule has 0 bridgehead atoms. The fourth-order valence-corrected chi connectivity index (χ4v) is 3.78. The SMILES string of the molecule is c1cc(N2CCCC2)ccc1NC1CCSC1. The molecule has 17 heavy (non-hydrogen) atoms. The monoisotopic (exact) mass is 248 g/mol. The van der Waals surface area contributed by atoms with Crippen LogP contribution in [0.2, 0.25) is 0 Å². The summed E-state index contributed by atoms with van der Waals surface area (Å²) in [6, 6.07) is 9.66. The highest BCUT2D eigenvalue weighted by Crippen LogP contribution is 2.24. The van der Waals surface area contributed by atoms with Gasteiger partial charge in [0.05, 0.1) is 0 Å². The van der Waals surface area contributed by atoms with Crippen molar-refractivity contribution in [2.24, 2.45) is 0 Å². The first kappa shape index (κ1) is 11.3. The van der Waals surface area contributed by atoms with Crippen LogP contribution >= 0.6 is 11.8 Å². The van der Waals surface area contributed by atoms with Crippen molar-refractivity contribution >= 4 is 23.1 Å². The first-order valence-electron chi connectivity index (χ1n) is 6.61. The van der Waals surface area contributed by atoms with Gasteiger partial charge in [0.1, 0.15) is 0 Å². The fourth-order valence-electron chi connectivity index (χ4n) is 2.63. The van der Waals surface area contributed by atoms with Crippen LogP contribution in [0.1, 0.15) is 19.3 Å². The molecule has 2 aliphatic rings. The quantitative estimate of drug-likeness (QED) is 0.884. The van der Waals surface area contributed by atoms with Gasteiger partial charge in [0, 0.05) is 36.3 Å². The van der Waals surface area contributed by atoms with Gasteiger partial charge in [-0.1, -0.05) is 0 Å². The zero-order valence-electron chi connectivity index (χ0n) is 10.2. The number of benzene rings is 1. The molecule has 2 aliphatic heterocycles. The van der Waals surface area contributed by atoms with E-state index in [1.54, 1.807) is 0 Å². The third-order valence-electron chi connectivity index (χ3n) is 3.64. The summed E-state index contributed by atoms with van der Waals surface area (Å²) < 4.78 is 0. The molecule has 0 radical (unpaired) electrons. The van der Waals surface area contributed by atoms with Crippen molar-refractivity contribution in [3.05, 3.63) is 24.3 Å². The number of hydrogen-bond donors (Lipinski definition) is 1. The Labute approximate surface area is 108 Å². The van der Waals surface area contributed by atoms with E-state index >= 15 is 0 Å². The summed E-state index contributed by atoms with van der Waals surface area (Å²) in [7, 11) is 0. The predicted octanol–water partition coefficient (Wildman–Crippen LogP) is 3.20. The lowest BCUT2D eigenvalue weighted by Crippen LogP contribution is -2.19. The minimum Gasteiger partial charge on any atom is -0.381 e. The van der Waals surface area contributed by atoms with Gasteiger partial charge in [-0.3, -0.25) is 0 Å². The van der Waals surface area contributed by atoms with Gasteiger partial charge in [0.15, 0.2) is 0 Å². The van der Waals surface area contributed by atoms with Crippen molar-refractivity contribution < 1.29 is 0 Å². The van der Waals surface area contributed by atoms with Gasteiger partial charge < -0.3 is 10.2 Å². The number of anilines is 2. The van der Waals surface area contributed by atoms with Crippen molar-refractivity contribution in [1.29, 1.82) is 0 Å². The van der Waals surface area contributed by atoms with E-state index in [1.165, 1.54) is 55.2 Å². The van der Waals surface area contributed by atoms with Crippen LogP contribution < -0.4 is 10.2 Å². The Morgan fingerprint density at radius 3 is 2.53 bits per heavy atom. The van der Waals surface area contributed by atoms with Crippen molar-refractivity contribution in [1.82, 2.24) is 0 Å². The lowest BCUT2D eigenvalue weighted by molar-refractivity contribution is 0.813. The largest absolute Gasteiger partial charge is 0.381 e. The molecular weight excluding hydrogens is 228 g/mol. The average molecular weight is 248 g/mol. The molecule has 0 aliphatic carbocycles. The van der Waals surface area contributed by atoms with Gasteiger partial charge in [-0.15, -0.1) is 0 Å². The molecule has 0 amide bonds. The Morgan fingerprint density at radius 1 is 1.12 bits per heavy atom. The van der Waals surface area contributed by atoms with E-state index in [0.717, 1.165) is 0 Å². The van der Waals surface area contributed by atoms with Crippen molar-refractivity contribution in [3.8, 4) is 0 Å². The van der Waals surface area contributed by atoms with Gasteiger partial charge in [0.2, 0.25) is 0 Å². The van der Waals surface area contributed by atoms with Crippen molar-refractivity contribution in [2.75, 3.05) is 34.8 Å². The summed E-state index contributed by atoms with van der Waals surface area (Å²) in [6.07, 6.45) is 4.00. The Hall–Kier alpha value is -0.830. The molecular formula is C14H20N2S. The van der Waals surface area contributed by atoms with Gasteiger partial charge in [-0.05, 0) is 49.3 Å². The van der Waals surface area contributed by atoms with E-state index in [4.69, 9.17) is 0 Å². The lowest BCUT2D eigenvalue weighted by Gasteiger charge is -2.19. The maximum absolute atomic E-state index is 3.62. The highest BCUT2D eigenvalue weighted by atomic mass is 32.2. The van der Waals surface area contributed by atoms with Crippen LogP contribution in [0, 0.1) is 0 Å². The first-order chi connectivity index (χ1) is 8.42. The van der Waals surface area contributed by atoms with Gasteiger partial charge >= 0.3 is 0 Å².